The third-order valence-electron chi connectivity index (χ3n) is 4.19. The van der Waals surface area contributed by atoms with Crippen LogP contribution in [0.2, 0.25) is 0 Å². The first-order chi connectivity index (χ1) is 9.01. The van der Waals surface area contributed by atoms with Crippen LogP contribution in [0, 0.1) is 5.41 Å². The molecule has 0 aromatic rings. The van der Waals surface area contributed by atoms with E-state index < -0.39 is 5.41 Å². The monoisotopic (exact) mass is 272 g/mol. The summed E-state index contributed by atoms with van der Waals surface area (Å²) in [5, 5.41) is 0. The van der Waals surface area contributed by atoms with E-state index in [-0.39, 0.29) is 18.0 Å². The SMILES string of the molecule is CCC(CC)N(CCOC)C(=O)C1(C)COCC1N. The van der Waals surface area contributed by atoms with Crippen molar-refractivity contribution in [2.24, 2.45) is 11.1 Å². The van der Waals surface area contributed by atoms with E-state index in [4.69, 9.17) is 15.2 Å². The van der Waals surface area contributed by atoms with Gasteiger partial charge in [-0.1, -0.05) is 13.8 Å². The molecule has 0 aromatic carbocycles. The van der Waals surface area contributed by atoms with E-state index in [0.29, 0.717) is 26.4 Å². The molecule has 1 heterocycles. The molecule has 1 aliphatic heterocycles. The lowest BCUT2D eigenvalue weighted by Crippen LogP contribution is -2.54. The van der Waals surface area contributed by atoms with Crippen LogP contribution in [0.3, 0.4) is 0 Å². The van der Waals surface area contributed by atoms with E-state index in [9.17, 15) is 4.79 Å². The summed E-state index contributed by atoms with van der Waals surface area (Å²) in [4.78, 5) is 14.8. The Morgan fingerprint density at radius 1 is 1.53 bits per heavy atom. The lowest BCUT2D eigenvalue weighted by Gasteiger charge is -2.37. The summed E-state index contributed by atoms with van der Waals surface area (Å²) in [7, 11) is 1.65. The average molecular weight is 272 g/mol. The molecule has 2 unspecified atom stereocenters. The number of carbonyl (C=O) groups excluding carboxylic acids is 1. The van der Waals surface area contributed by atoms with Crippen LogP contribution in [-0.2, 0) is 14.3 Å². The summed E-state index contributed by atoms with van der Waals surface area (Å²) in [6.45, 7) is 8.16. The molecule has 1 rings (SSSR count). The third-order valence-corrected chi connectivity index (χ3v) is 4.19. The Bertz CT molecular complexity index is 294. The molecule has 0 bridgehead atoms. The number of ether oxygens (including phenoxy) is 2. The summed E-state index contributed by atoms with van der Waals surface area (Å²) >= 11 is 0. The zero-order chi connectivity index (χ0) is 14.5. The quantitative estimate of drug-likeness (QED) is 0.751. The predicted octanol–water partition coefficient (Wildman–Crippen LogP) is 1.01. The van der Waals surface area contributed by atoms with E-state index in [1.807, 2.05) is 11.8 Å². The van der Waals surface area contributed by atoms with Crippen molar-refractivity contribution in [3.63, 3.8) is 0 Å². The fourth-order valence-electron chi connectivity index (χ4n) is 2.61. The molecule has 0 spiro atoms. The van der Waals surface area contributed by atoms with Crippen molar-refractivity contribution < 1.29 is 14.3 Å². The molecule has 0 radical (unpaired) electrons. The standard InChI is InChI=1S/C14H28N2O3/c1-5-11(6-2)16(7-8-18-4)13(17)14(3)10-19-9-12(14)15/h11-12H,5-10,15H2,1-4H3. The maximum absolute atomic E-state index is 12.9. The van der Waals surface area contributed by atoms with Crippen molar-refractivity contribution in [3.8, 4) is 0 Å². The minimum absolute atomic E-state index is 0.100. The Balaban J connectivity index is 2.86. The highest BCUT2D eigenvalue weighted by atomic mass is 16.5. The molecule has 19 heavy (non-hydrogen) atoms. The molecule has 0 saturated carbocycles. The molecule has 0 aromatic heterocycles. The Kier molecular flexibility index (Phi) is 6.23. The number of amides is 1. The van der Waals surface area contributed by atoms with Gasteiger partial charge < -0.3 is 20.1 Å². The van der Waals surface area contributed by atoms with Crippen molar-refractivity contribution in [2.45, 2.75) is 45.7 Å². The minimum atomic E-state index is -0.601. The van der Waals surface area contributed by atoms with Crippen molar-refractivity contribution in [2.75, 3.05) is 33.5 Å². The minimum Gasteiger partial charge on any atom is -0.383 e. The zero-order valence-electron chi connectivity index (χ0n) is 12.6. The molecule has 5 heteroatoms. The van der Waals surface area contributed by atoms with E-state index in [2.05, 4.69) is 13.8 Å². The number of nitrogens with two attached hydrogens (primary N) is 1. The fourth-order valence-corrected chi connectivity index (χ4v) is 2.61. The Morgan fingerprint density at radius 3 is 2.58 bits per heavy atom. The molecule has 112 valence electrons. The van der Waals surface area contributed by atoms with Gasteiger partial charge in [0.1, 0.15) is 0 Å². The second-order valence-corrected chi connectivity index (χ2v) is 5.50. The van der Waals surface area contributed by atoms with E-state index in [1.54, 1.807) is 7.11 Å². The second-order valence-electron chi connectivity index (χ2n) is 5.50. The number of rotatable bonds is 7. The smallest absolute Gasteiger partial charge is 0.232 e. The normalized spacial score (nSPS) is 26.9. The number of nitrogens with zero attached hydrogens (tertiary/aromatic N) is 1. The van der Waals surface area contributed by atoms with Crippen LogP contribution in [0.4, 0.5) is 0 Å². The van der Waals surface area contributed by atoms with Gasteiger partial charge in [0.25, 0.3) is 0 Å². The van der Waals surface area contributed by atoms with Gasteiger partial charge >= 0.3 is 0 Å². The molecule has 1 aliphatic rings. The topological polar surface area (TPSA) is 64.8 Å². The van der Waals surface area contributed by atoms with Crippen LogP contribution in [0.25, 0.3) is 0 Å². The summed E-state index contributed by atoms with van der Waals surface area (Å²) in [6, 6.07) is 0.0201. The number of hydrogen-bond donors (Lipinski definition) is 1. The Labute approximate surface area is 116 Å². The van der Waals surface area contributed by atoms with Crippen LogP contribution in [0.1, 0.15) is 33.6 Å². The van der Waals surface area contributed by atoms with E-state index in [1.165, 1.54) is 0 Å². The summed E-state index contributed by atoms with van der Waals surface area (Å²) in [6.07, 6.45) is 1.89. The van der Waals surface area contributed by atoms with Gasteiger partial charge in [-0.15, -0.1) is 0 Å². The van der Waals surface area contributed by atoms with E-state index >= 15 is 0 Å². The van der Waals surface area contributed by atoms with Crippen LogP contribution in [0.15, 0.2) is 0 Å². The third kappa shape index (κ3) is 3.46. The van der Waals surface area contributed by atoms with Crippen LogP contribution < -0.4 is 5.73 Å². The summed E-state index contributed by atoms with van der Waals surface area (Å²) in [5.74, 6) is 0.100. The van der Waals surface area contributed by atoms with Gasteiger partial charge in [-0.3, -0.25) is 4.79 Å². The highest BCUT2D eigenvalue weighted by Crippen LogP contribution is 2.31. The zero-order valence-corrected chi connectivity index (χ0v) is 12.6. The van der Waals surface area contributed by atoms with Gasteiger partial charge in [0.05, 0.1) is 25.2 Å². The largest absolute Gasteiger partial charge is 0.383 e. The van der Waals surface area contributed by atoms with Crippen molar-refractivity contribution in [1.82, 2.24) is 4.90 Å². The van der Waals surface area contributed by atoms with Gasteiger partial charge in [0.15, 0.2) is 0 Å². The van der Waals surface area contributed by atoms with Gasteiger partial charge in [-0.05, 0) is 19.8 Å². The number of methoxy groups -OCH3 is 1. The maximum Gasteiger partial charge on any atom is 0.232 e. The summed E-state index contributed by atoms with van der Waals surface area (Å²) in [5.41, 5.74) is 5.46. The highest BCUT2D eigenvalue weighted by molar-refractivity contribution is 5.84. The van der Waals surface area contributed by atoms with Crippen molar-refractivity contribution in [3.05, 3.63) is 0 Å². The molecule has 1 saturated heterocycles. The molecule has 1 fully saturated rings. The van der Waals surface area contributed by atoms with Crippen LogP contribution in [-0.4, -0.2) is 56.4 Å². The molecule has 0 aliphatic carbocycles. The maximum atomic E-state index is 12.9. The summed E-state index contributed by atoms with van der Waals surface area (Å²) < 4.78 is 10.5. The first-order valence-electron chi connectivity index (χ1n) is 7.14. The van der Waals surface area contributed by atoms with Gasteiger partial charge in [-0.25, -0.2) is 0 Å². The van der Waals surface area contributed by atoms with Gasteiger partial charge in [-0.2, -0.15) is 0 Å². The fraction of sp³-hybridized carbons (Fsp3) is 0.929. The average Bonchev–Trinajstić information content (AvgIpc) is 2.75. The second kappa shape index (κ2) is 7.22. The molecule has 1 amide bonds. The van der Waals surface area contributed by atoms with Crippen molar-refractivity contribution in [1.29, 1.82) is 0 Å². The lowest BCUT2D eigenvalue weighted by atomic mass is 9.83. The molecule has 2 atom stereocenters. The van der Waals surface area contributed by atoms with Crippen molar-refractivity contribution >= 4 is 5.91 Å². The first-order valence-corrected chi connectivity index (χ1v) is 7.14. The Hall–Kier alpha value is -0.650. The Morgan fingerprint density at radius 2 is 2.16 bits per heavy atom. The number of hydrogen-bond acceptors (Lipinski definition) is 4. The molecule has 5 nitrogen and oxygen atoms in total. The van der Waals surface area contributed by atoms with E-state index in [0.717, 1.165) is 12.8 Å². The van der Waals surface area contributed by atoms with Gasteiger partial charge in [0.2, 0.25) is 5.91 Å². The predicted molar refractivity (Wildman–Crippen MR) is 74.9 cm³/mol. The van der Waals surface area contributed by atoms with Crippen LogP contribution >= 0.6 is 0 Å². The highest BCUT2D eigenvalue weighted by Gasteiger charge is 2.47. The molecule has 2 N–H and O–H groups in total. The van der Waals surface area contributed by atoms with Crippen LogP contribution in [0.5, 0.6) is 0 Å². The molecular formula is C14H28N2O3. The van der Waals surface area contributed by atoms with Gasteiger partial charge in [0, 0.05) is 25.7 Å². The lowest BCUT2D eigenvalue weighted by molar-refractivity contribution is -0.145. The first kappa shape index (κ1) is 16.4. The number of carbonyl (C=O) groups is 1. The molecular weight excluding hydrogens is 244 g/mol.